The fraction of sp³-hybridized carbons (Fsp3) is 0.0652. The molecule has 2 heterocycles. The van der Waals surface area contributed by atoms with Crippen LogP contribution in [0.2, 0.25) is 0 Å². The van der Waals surface area contributed by atoms with Gasteiger partial charge in [0.25, 0.3) is 0 Å². The summed E-state index contributed by atoms with van der Waals surface area (Å²) in [5.41, 5.74) is 3.16. The normalized spacial score (nSPS) is 15.6. The molecule has 1 aliphatic heterocycles. The Kier molecular flexibility index (Phi) is 5.25. The van der Waals surface area contributed by atoms with Crippen molar-refractivity contribution in [3.8, 4) is 28.7 Å². The monoisotopic (exact) mass is 681 g/mol. The molecule has 6 nitrogen and oxygen atoms in total. The lowest BCUT2D eigenvalue weighted by atomic mass is 9.74. The molecule has 7 aromatic carbocycles. The lowest BCUT2D eigenvalue weighted by Gasteiger charge is -2.40. The van der Waals surface area contributed by atoms with Crippen LogP contribution in [0, 0.1) is 11.3 Å². The Bertz CT molecular complexity index is 3120. The molecule has 0 N–H and O–H groups in total. The van der Waals surface area contributed by atoms with Gasteiger partial charge >= 0.3 is 6.01 Å². The van der Waals surface area contributed by atoms with Crippen LogP contribution in [0.1, 0.15) is 44.2 Å². The van der Waals surface area contributed by atoms with Gasteiger partial charge < -0.3 is 9.32 Å². The first-order chi connectivity index (χ1) is 29.7. The number of benzene rings is 7. The molecule has 6 heteroatoms. The summed E-state index contributed by atoms with van der Waals surface area (Å²) >= 11 is 0. The van der Waals surface area contributed by atoms with Crippen molar-refractivity contribution in [2.24, 2.45) is 0 Å². The van der Waals surface area contributed by atoms with Crippen LogP contribution in [0.5, 0.6) is 0 Å². The van der Waals surface area contributed by atoms with Gasteiger partial charge in [-0.05, 0) is 94.3 Å². The maximum atomic E-state index is 9.53. The summed E-state index contributed by atoms with van der Waals surface area (Å²) in [6.45, 7) is 4.24. The van der Waals surface area contributed by atoms with Gasteiger partial charge in [-0.2, -0.15) is 5.26 Å². The molecule has 0 bridgehead atoms. The third kappa shape index (κ3) is 5.10. The van der Waals surface area contributed by atoms with E-state index in [2.05, 4.69) is 30.1 Å². The van der Waals surface area contributed by atoms with Crippen molar-refractivity contribution in [2.45, 2.75) is 19.3 Å². The number of hydrogen-bond acceptors (Lipinski definition) is 6. The van der Waals surface area contributed by atoms with Crippen molar-refractivity contribution >= 4 is 45.2 Å². The van der Waals surface area contributed by atoms with Crippen molar-refractivity contribution in [3.05, 3.63) is 180 Å². The lowest BCUT2D eigenvalue weighted by molar-refractivity contribution is 0.566. The number of nitriles is 1. The number of hydrogen-bond donors (Lipinski definition) is 0. The number of fused-ring (bicyclic) bond motifs is 3. The van der Waals surface area contributed by atoms with E-state index in [-0.39, 0.29) is 44.9 Å². The van der Waals surface area contributed by atoms with Crippen LogP contribution in [0.15, 0.2) is 168 Å². The van der Waals surface area contributed by atoms with E-state index in [0.717, 1.165) is 22.5 Å². The molecule has 0 saturated carbocycles. The van der Waals surface area contributed by atoms with Gasteiger partial charge in [0.15, 0.2) is 0 Å². The number of rotatable bonds is 6. The molecule has 9 rings (SSSR count). The number of aromatic nitrogens is 2. The van der Waals surface area contributed by atoms with Gasteiger partial charge in [0.2, 0.25) is 5.89 Å². The Morgan fingerprint density at radius 1 is 0.654 bits per heavy atom. The lowest BCUT2D eigenvalue weighted by Crippen LogP contribution is -2.30. The van der Waals surface area contributed by atoms with Gasteiger partial charge in [-0.1, -0.05) is 116 Å². The Morgan fingerprint density at radius 3 is 1.92 bits per heavy atom. The van der Waals surface area contributed by atoms with Gasteiger partial charge in [0, 0.05) is 27.7 Å². The predicted octanol–water partition coefficient (Wildman–Crippen LogP) is 12.0. The first-order valence-corrected chi connectivity index (χ1v) is 16.5. The third-order valence-electron chi connectivity index (χ3n) is 9.30. The fourth-order valence-electron chi connectivity index (χ4n) is 6.78. The van der Waals surface area contributed by atoms with Crippen LogP contribution in [0.25, 0.3) is 33.4 Å². The zero-order valence-corrected chi connectivity index (χ0v) is 28.0. The van der Waals surface area contributed by atoms with Crippen molar-refractivity contribution in [3.63, 3.8) is 0 Å². The molecule has 0 atom stereocenters. The number of nitrogens with zero attached hydrogens (tertiary/aromatic N) is 5. The molecule has 0 amide bonds. The quantitative estimate of drug-likeness (QED) is 0.174. The topological polar surface area (TPSA) is 69.2 Å². The molecule has 0 spiro atoms. The average Bonchev–Trinajstić information content (AvgIpc) is 3.76. The summed E-state index contributed by atoms with van der Waals surface area (Å²) in [6.07, 6.45) is 0. The van der Waals surface area contributed by atoms with Crippen LogP contribution in [0.3, 0.4) is 0 Å². The van der Waals surface area contributed by atoms with Crippen molar-refractivity contribution in [1.29, 1.82) is 5.26 Å². The van der Waals surface area contributed by atoms with E-state index in [1.165, 1.54) is 0 Å². The molecule has 0 fully saturated rings. The molecule has 0 unspecified atom stereocenters. The van der Waals surface area contributed by atoms with E-state index in [4.69, 9.17) is 7.16 Å². The van der Waals surface area contributed by atoms with Gasteiger partial charge in [-0.25, -0.2) is 0 Å². The summed E-state index contributed by atoms with van der Waals surface area (Å²) in [4.78, 5) is 3.34. The molecular weight excluding hydrogens is 639 g/mol. The van der Waals surface area contributed by atoms with E-state index < -0.39 is 66.0 Å². The van der Waals surface area contributed by atoms with Crippen LogP contribution >= 0.6 is 0 Å². The van der Waals surface area contributed by atoms with Crippen LogP contribution < -0.4 is 9.80 Å². The molecule has 1 aliphatic rings. The minimum absolute atomic E-state index is 0.0199. The fourth-order valence-corrected chi connectivity index (χ4v) is 6.78. The minimum atomic E-state index is -0.661. The maximum Gasteiger partial charge on any atom is 0.327 e. The molecule has 1 aromatic heterocycles. The van der Waals surface area contributed by atoms with Crippen molar-refractivity contribution < 1.29 is 18.1 Å². The zero-order valence-electron chi connectivity index (χ0n) is 38.0. The largest absolute Gasteiger partial charge is 0.403 e. The summed E-state index contributed by atoms with van der Waals surface area (Å²) in [7, 11) is 0. The first-order valence-electron chi connectivity index (χ1n) is 21.5. The Balaban J connectivity index is 1.27. The van der Waals surface area contributed by atoms with Crippen LogP contribution in [-0.4, -0.2) is 10.2 Å². The highest BCUT2D eigenvalue weighted by Crippen LogP contribution is 2.51. The SMILES string of the molecule is [2H]c1c([2H])c(-c2c([2H])c([2H])c(N(c3ccccc3)c3ccc(C#N)cc3)c3c([2H])c([2H])c([2H])c([2H])c23)c([2H])c([2H])c1-c1nnc(N2c3ccccc3C(C)(C)c3ccccc32)o1. The van der Waals surface area contributed by atoms with Gasteiger partial charge in [0.05, 0.1) is 42.4 Å². The Morgan fingerprint density at radius 2 is 1.25 bits per heavy atom. The third-order valence-corrected chi connectivity index (χ3v) is 9.30. The molecule has 0 saturated heterocycles. The predicted molar refractivity (Wildman–Crippen MR) is 209 cm³/mol. The first kappa shape index (κ1) is 22.0. The summed E-state index contributed by atoms with van der Waals surface area (Å²) in [5, 5.41) is 17.6. The molecule has 0 aliphatic carbocycles. The minimum Gasteiger partial charge on any atom is -0.403 e. The van der Waals surface area contributed by atoms with Gasteiger partial charge in [-0.3, -0.25) is 4.90 Å². The zero-order chi connectivity index (χ0) is 43.9. The van der Waals surface area contributed by atoms with Crippen molar-refractivity contribution in [1.82, 2.24) is 10.2 Å². The van der Waals surface area contributed by atoms with E-state index in [1.807, 2.05) is 48.5 Å². The highest BCUT2D eigenvalue weighted by Gasteiger charge is 2.38. The molecule has 248 valence electrons. The second-order valence-corrected chi connectivity index (χ2v) is 12.7. The summed E-state index contributed by atoms with van der Waals surface area (Å²) in [5.74, 6) is -0.307. The molecular formula is C46H33N5O. The highest BCUT2D eigenvalue weighted by atomic mass is 16.4. The molecule has 0 radical (unpaired) electrons. The van der Waals surface area contributed by atoms with Crippen LogP contribution in [0.4, 0.5) is 34.5 Å². The highest BCUT2D eigenvalue weighted by molar-refractivity contribution is 6.06. The second-order valence-electron chi connectivity index (χ2n) is 12.7. The average molecular weight is 682 g/mol. The van der Waals surface area contributed by atoms with Crippen LogP contribution in [-0.2, 0) is 5.41 Å². The smallest absolute Gasteiger partial charge is 0.327 e. The molecule has 52 heavy (non-hydrogen) atoms. The van der Waals surface area contributed by atoms with Gasteiger partial charge in [-0.15, -0.1) is 5.10 Å². The van der Waals surface area contributed by atoms with E-state index >= 15 is 0 Å². The van der Waals surface area contributed by atoms with Gasteiger partial charge in [0.1, 0.15) is 0 Å². The standard InChI is InChI=1S/C46H33N5O/c1-46(2)39-16-8-10-18-42(39)51(43-19-11-9-17-40(43)46)45-49-48-44(52-45)33-24-22-32(23-25-33)36-28-29-41(38-15-7-6-14-37(36)38)50(34-12-4-3-5-13-34)35-26-20-31(30-47)21-27-35/h3-29H,1-2H3/i6D,7D,14D,15D,22D,23D,24D,25D,28D,29D. The Labute approximate surface area is 316 Å². The number of anilines is 6. The van der Waals surface area contributed by atoms with E-state index in [0.29, 0.717) is 16.9 Å². The maximum absolute atomic E-state index is 9.53. The summed E-state index contributed by atoms with van der Waals surface area (Å²) < 4.78 is 98.2. The van der Waals surface area contributed by atoms with Crippen molar-refractivity contribution in [2.75, 3.05) is 9.80 Å². The second kappa shape index (κ2) is 12.4. The Hall–Kier alpha value is -6.97. The summed E-state index contributed by atoms with van der Waals surface area (Å²) in [6, 6.07) is 26.6. The van der Waals surface area contributed by atoms with E-state index in [9.17, 15) is 16.2 Å². The molecule has 8 aromatic rings. The number of para-hydroxylation sites is 3. The van der Waals surface area contributed by atoms with E-state index in [1.54, 1.807) is 64.4 Å².